The molecule has 0 saturated carbocycles. The standard InChI is InChI=1S/C15H16N2O2.C9H9BrO2.C6H8N2/c1-11-4-3-5-14(17-11)16-10-12-6-8-13(9-7-12)15(18)19-2;1-12-9(11)8-4-2-7(6-10)3-5-8;1-5-3-2-4-6(7)8-5/h3-9H,10H2,1-2H3,(H,16,17);2-5H,6H2,1H3;2-4H,1H3,(H2,7,8). The highest BCUT2D eigenvalue weighted by molar-refractivity contribution is 9.08. The zero-order valence-electron chi connectivity index (χ0n) is 22.5. The van der Waals surface area contributed by atoms with E-state index in [1.807, 2.05) is 68.4 Å². The summed E-state index contributed by atoms with van der Waals surface area (Å²) in [5.74, 6) is 0.818. The molecule has 9 heteroatoms. The summed E-state index contributed by atoms with van der Waals surface area (Å²) in [5, 5.41) is 4.04. The van der Waals surface area contributed by atoms with Crippen LogP contribution in [0.1, 0.15) is 43.2 Å². The number of carbonyl (C=O) groups is 2. The van der Waals surface area contributed by atoms with E-state index < -0.39 is 0 Å². The fourth-order valence-electron chi connectivity index (χ4n) is 3.12. The zero-order valence-corrected chi connectivity index (χ0v) is 24.1. The Bertz CT molecular complexity index is 1310. The van der Waals surface area contributed by atoms with E-state index in [4.69, 9.17) is 5.73 Å². The van der Waals surface area contributed by atoms with Crippen LogP contribution in [0.25, 0.3) is 0 Å². The lowest BCUT2D eigenvalue weighted by Gasteiger charge is -2.07. The minimum Gasteiger partial charge on any atom is -0.465 e. The summed E-state index contributed by atoms with van der Waals surface area (Å²) in [4.78, 5) is 30.6. The summed E-state index contributed by atoms with van der Waals surface area (Å²) >= 11 is 3.32. The van der Waals surface area contributed by atoms with Crippen LogP contribution in [0.5, 0.6) is 0 Å². The summed E-state index contributed by atoms with van der Waals surface area (Å²) in [6.45, 7) is 4.53. The van der Waals surface area contributed by atoms with Crippen molar-refractivity contribution in [3.05, 3.63) is 119 Å². The fourth-order valence-corrected chi connectivity index (χ4v) is 3.50. The van der Waals surface area contributed by atoms with E-state index in [0.717, 1.165) is 33.7 Å². The molecule has 3 N–H and O–H groups in total. The summed E-state index contributed by atoms with van der Waals surface area (Å²) in [6, 6.07) is 26.0. The molecule has 0 fully saturated rings. The molecular formula is C30H33BrN4O4. The lowest BCUT2D eigenvalue weighted by Crippen LogP contribution is -2.04. The first kappa shape index (κ1) is 31.0. The number of aromatic nitrogens is 2. The molecule has 2 heterocycles. The molecule has 39 heavy (non-hydrogen) atoms. The van der Waals surface area contributed by atoms with E-state index in [1.54, 1.807) is 30.3 Å². The molecular weight excluding hydrogens is 560 g/mol. The molecule has 0 spiro atoms. The van der Waals surface area contributed by atoms with Crippen LogP contribution in [0, 0.1) is 13.8 Å². The van der Waals surface area contributed by atoms with Gasteiger partial charge in [-0.25, -0.2) is 19.6 Å². The molecule has 204 valence electrons. The van der Waals surface area contributed by atoms with Gasteiger partial charge >= 0.3 is 11.9 Å². The van der Waals surface area contributed by atoms with Gasteiger partial charge in [0.1, 0.15) is 11.6 Å². The number of nitrogens with two attached hydrogens (primary N) is 1. The van der Waals surface area contributed by atoms with Crippen LogP contribution in [-0.4, -0.2) is 36.1 Å². The van der Waals surface area contributed by atoms with Gasteiger partial charge in [0.05, 0.1) is 25.3 Å². The number of benzene rings is 2. The van der Waals surface area contributed by atoms with Crippen molar-refractivity contribution in [3.8, 4) is 0 Å². The molecule has 0 aliphatic rings. The van der Waals surface area contributed by atoms with Gasteiger partial charge in [0, 0.05) is 23.3 Å². The molecule has 0 atom stereocenters. The van der Waals surface area contributed by atoms with Gasteiger partial charge < -0.3 is 20.5 Å². The Morgan fingerprint density at radius 1 is 0.744 bits per heavy atom. The van der Waals surface area contributed by atoms with Crippen LogP contribution in [0.15, 0.2) is 84.9 Å². The molecule has 0 bridgehead atoms. The summed E-state index contributed by atoms with van der Waals surface area (Å²) in [6.07, 6.45) is 0. The third-order valence-electron chi connectivity index (χ3n) is 5.18. The maximum absolute atomic E-state index is 11.3. The van der Waals surface area contributed by atoms with Crippen molar-refractivity contribution in [3.63, 3.8) is 0 Å². The predicted molar refractivity (Wildman–Crippen MR) is 158 cm³/mol. The minimum atomic E-state index is -0.320. The fraction of sp³-hybridized carbons (Fsp3) is 0.200. The number of anilines is 2. The van der Waals surface area contributed by atoms with Crippen LogP contribution in [0.3, 0.4) is 0 Å². The van der Waals surface area contributed by atoms with Crippen molar-refractivity contribution < 1.29 is 19.1 Å². The van der Waals surface area contributed by atoms with Crippen LogP contribution in [-0.2, 0) is 21.3 Å². The second-order valence-electron chi connectivity index (χ2n) is 8.23. The van der Waals surface area contributed by atoms with Crippen molar-refractivity contribution >= 4 is 39.5 Å². The maximum Gasteiger partial charge on any atom is 0.337 e. The number of nitrogens with one attached hydrogen (secondary N) is 1. The number of nitrogen functional groups attached to an aromatic ring is 1. The van der Waals surface area contributed by atoms with E-state index in [1.165, 1.54) is 14.2 Å². The van der Waals surface area contributed by atoms with Gasteiger partial charge in [-0.05, 0) is 73.5 Å². The van der Waals surface area contributed by atoms with Crippen molar-refractivity contribution in [2.24, 2.45) is 0 Å². The Labute approximate surface area is 237 Å². The second-order valence-corrected chi connectivity index (χ2v) is 8.79. The number of methoxy groups -OCH3 is 2. The highest BCUT2D eigenvalue weighted by atomic mass is 79.9. The Kier molecular flexibility index (Phi) is 13.2. The number of aryl methyl sites for hydroxylation is 2. The molecule has 0 amide bonds. The number of halogens is 1. The molecule has 8 nitrogen and oxygen atoms in total. The van der Waals surface area contributed by atoms with Gasteiger partial charge in [-0.2, -0.15) is 0 Å². The monoisotopic (exact) mass is 592 g/mol. The Balaban J connectivity index is 0.000000227. The highest BCUT2D eigenvalue weighted by Gasteiger charge is 2.04. The SMILES string of the molecule is COC(=O)c1ccc(CBr)cc1.COC(=O)c1ccc(CNc2cccc(C)n2)cc1.Cc1cccc(N)n1. The van der Waals surface area contributed by atoms with Crippen LogP contribution < -0.4 is 11.1 Å². The quantitative estimate of drug-likeness (QED) is 0.203. The number of alkyl halides is 1. The zero-order chi connectivity index (χ0) is 28.6. The van der Waals surface area contributed by atoms with Crippen molar-refractivity contribution in [1.82, 2.24) is 9.97 Å². The average molecular weight is 594 g/mol. The van der Waals surface area contributed by atoms with Gasteiger partial charge in [0.15, 0.2) is 0 Å². The molecule has 0 radical (unpaired) electrons. The highest BCUT2D eigenvalue weighted by Crippen LogP contribution is 2.10. The number of nitrogens with zero attached hydrogens (tertiary/aromatic N) is 2. The first-order valence-electron chi connectivity index (χ1n) is 12.0. The molecule has 2 aromatic carbocycles. The van der Waals surface area contributed by atoms with E-state index in [0.29, 0.717) is 23.5 Å². The van der Waals surface area contributed by atoms with Crippen LogP contribution in [0.2, 0.25) is 0 Å². The lowest BCUT2D eigenvalue weighted by molar-refractivity contribution is 0.0592. The average Bonchev–Trinajstić information content (AvgIpc) is 2.96. The van der Waals surface area contributed by atoms with Gasteiger partial charge in [-0.1, -0.05) is 52.3 Å². The first-order chi connectivity index (χ1) is 18.7. The number of hydrogen-bond acceptors (Lipinski definition) is 8. The number of carbonyl (C=O) groups excluding carboxylic acids is 2. The molecule has 4 rings (SSSR count). The van der Waals surface area contributed by atoms with Gasteiger partial charge in [0.2, 0.25) is 0 Å². The third kappa shape index (κ3) is 11.4. The van der Waals surface area contributed by atoms with Gasteiger partial charge in [-0.15, -0.1) is 0 Å². The van der Waals surface area contributed by atoms with Crippen molar-refractivity contribution in [1.29, 1.82) is 0 Å². The minimum absolute atomic E-state index is 0.295. The van der Waals surface area contributed by atoms with Crippen LogP contribution in [0.4, 0.5) is 11.6 Å². The summed E-state index contributed by atoms with van der Waals surface area (Å²) < 4.78 is 9.21. The Morgan fingerprint density at radius 3 is 1.64 bits per heavy atom. The summed E-state index contributed by atoms with van der Waals surface area (Å²) in [5.41, 5.74) is 10.7. The molecule has 0 aliphatic heterocycles. The lowest BCUT2D eigenvalue weighted by atomic mass is 10.1. The molecule has 2 aromatic heterocycles. The normalized spacial score (nSPS) is 9.67. The van der Waals surface area contributed by atoms with E-state index >= 15 is 0 Å². The van der Waals surface area contributed by atoms with Crippen LogP contribution >= 0.6 is 15.9 Å². The number of ether oxygens (including phenoxy) is 2. The number of hydrogen-bond donors (Lipinski definition) is 2. The van der Waals surface area contributed by atoms with E-state index in [2.05, 4.69) is 40.7 Å². The largest absolute Gasteiger partial charge is 0.465 e. The smallest absolute Gasteiger partial charge is 0.337 e. The molecule has 0 unspecified atom stereocenters. The summed E-state index contributed by atoms with van der Waals surface area (Å²) in [7, 11) is 2.75. The number of rotatable bonds is 6. The molecule has 4 aromatic rings. The number of pyridine rings is 2. The topological polar surface area (TPSA) is 116 Å². The van der Waals surface area contributed by atoms with E-state index in [9.17, 15) is 9.59 Å². The molecule has 0 aliphatic carbocycles. The van der Waals surface area contributed by atoms with E-state index in [-0.39, 0.29) is 11.9 Å². The maximum atomic E-state index is 11.3. The Morgan fingerprint density at radius 2 is 1.23 bits per heavy atom. The van der Waals surface area contributed by atoms with Gasteiger partial charge in [-0.3, -0.25) is 0 Å². The molecule has 0 saturated heterocycles. The van der Waals surface area contributed by atoms with Crippen molar-refractivity contribution in [2.75, 3.05) is 25.3 Å². The number of esters is 2. The second kappa shape index (κ2) is 16.6. The first-order valence-corrected chi connectivity index (χ1v) is 13.1. The third-order valence-corrected chi connectivity index (χ3v) is 5.82. The predicted octanol–water partition coefficient (Wildman–Crippen LogP) is 6.13. The van der Waals surface area contributed by atoms with Crippen molar-refractivity contribution in [2.45, 2.75) is 25.7 Å². The Hall–Kier alpha value is -4.24. The van der Waals surface area contributed by atoms with Gasteiger partial charge in [0.25, 0.3) is 0 Å².